The largest absolute Gasteiger partial charge is 0.446 e. The van der Waals surface area contributed by atoms with Crippen molar-refractivity contribution in [3.63, 3.8) is 0 Å². The van der Waals surface area contributed by atoms with Crippen LogP contribution in [0.5, 0.6) is 0 Å². The molecule has 0 unspecified atom stereocenters. The molecule has 0 bridgehead atoms. The van der Waals surface area contributed by atoms with E-state index in [-0.39, 0.29) is 34.6 Å². The minimum Gasteiger partial charge on any atom is -0.377 e. The van der Waals surface area contributed by atoms with Crippen LogP contribution >= 0.6 is 11.8 Å². The highest BCUT2D eigenvalue weighted by atomic mass is 32.2. The number of thioether (sulfide) groups is 1. The van der Waals surface area contributed by atoms with Gasteiger partial charge in [0.2, 0.25) is 0 Å². The molecule has 0 aliphatic heterocycles. The fourth-order valence-corrected chi connectivity index (χ4v) is 4.81. The van der Waals surface area contributed by atoms with Crippen LogP contribution in [0.4, 0.5) is 24.7 Å². The Bertz CT molecular complexity index is 1140. The van der Waals surface area contributed by atoms with Crippen LogP contribution in [0.15, 0.2) is 59.5 Å². The molecule has 1 saturated carbocycles. The number of nitrogens with zero attached hydrogens (tertiary/aromatic N) is 2. The van der Waals surface area contributed by atoms with Gasteiger partial charge in [-0.2, -0.15) is 13.2 Å². The fraction of sp³-hybridized carbons (Fsp3) is 0.360. The van der Waals surface area contributed by atoms with Gasteiger partial charge in [0, 0.05) is 53.8 Å². The molecule has 1 amide bonds. The first-order valence-electron chi connectivity index (χ1n) is 11.2. The summed E-state index contributed by atoms with van der Waals surface area (Å²) in [6.45, 7) is 0. The van der Waals surface area contributed by atoms with E-state index in [2.05, 4.69) is 27.7 Å². The second kappa shape index (κ2) is 10.1. The van der Waals surface area contributed by atoms with Crippen molar-refractivity contribution in [1.29, 1.82) is 0 Å². The van der Waals surface area contributed by atoms with Crippen LogP contribution in [-0.4, -0.2) is 42.6 Å². The number of carbonyl (C=O) groups is 1. The molecule has 0 atom stereocenters. The molecule has 34 heavy (non-hydrogen) atoms. The number of carbonyl (C=O) groups excluding carboxylic acids is 1. The van der Waals surface area contributed by atoms with E-state index in [4.69, 9.17) is 4.98 Å². The Morgan fingerprint density at radius 2 is 1.65 bits per heavy atom. The molecule has 1 fully saturated rings. The molecule has 9 heteroatoms. The Labute approximate surface area is 201 Å². The van der Waals surface area contributed by atoms with E-state index in [1.165, 1.54) is 24.3 Å². The van der Waals surface area contributed by atoms with Gasteiger partial charge in [-0.1, -0.05) is 18.2 Å². The molecule has 0 spiro atoms. The summed E-state index contributed by atoms with van der Waals surface area (Å²) in [7, 11) is 4.03. The number of amides is 1. The van der Waals surface area contributed by atoms with Crippen LogP contribution in [0, 0.1) is 0 Å². The van der Waals surface area contributed by atoms with Crippen LogP contribution in [0.25, 0.3) is 10.9 Å². The lowest BCUT2D eigenvalue weighted by Crippen LogP contribution is -2.40. The molecule has 3 aromatic rings. The van der Waals surface area contributed by atoms with Gasteiger partial charge in [0.15, 0.2) is 0 Å². The molecular formula is C25H27F3N4OS. The molecule has 0 saturated heterocycles. The summed E-state index contributed by atoms with van der Waals surface area (Å²) in [5.74, 6) is 0.582. The van der Waals surface area contributed by atoms with E-state index >= 15 is 0 Å². The average Bonchev–Trinajstić information content (AvgIpc) is 2.79. The Morgan fingerprint density at radius 3 is 2.29 bits per heavy atom. The molecule has 2 aromatic carbocycles. The van der Waals surface area contributed by atoms with E-state index in [1.807, 2.05) is 32.3 Å². The molecule has 2 N–H and O–H groups in total. The third kappa shape index (κ3) is 6.14. The number of pyridine rings is 1. The molecule has 1 aromatic heterocycles. The molecule has 5 nitrogen and oxygen atoms in total. The van der Waals surface area contributed by atoms with Gasteiger partial charge in [0.1, 0.15) is 5.82 Å². The van der Waals surface area contributed by atoms with Gasteiger partial charge in [-0.05, 0) is 67.8 Å². The summed E-state index contributed by atoms with van der Waals surface area (Å²) in [4.78, 5) is 19.5. The highest BCUT2D eigenvalue weighted by molar-refractivity contribution is 8.00. The zero-order valence-electron chi connectivity index (χ0n) is 19.0. The Hall–Kier alpha value is -2.94. The minimum absolute atomic E-state index is 0.0386. The maximum atomic E-state index is 12.5. The highest BCUT2D eigenvalue weighted by Crippen LogP contribution is 2.36. The number of anilines is 2. The number of aromatic nitrogens is 1. The van der Waals surface area contributed by atoms with E-state index in [0.29, 0.717) is 5.56 Å². The number of halogens is 3. The number of hydrogen-bond acceptors (Lipinski definition) is 5. The van der Waals surface area contributed by atoms with Crippen molar-refractivity contribution in [3.05, 3.63) is 60.2 Å². The average molecular weight is 489 g/mol. The summed E-state index contributed by atoms with van der Waals surface area (Å²) in [5, 5.41) is 7.68. The molecule has 1 aliphatic carbocycles. The van der Waals surface area contributed by atoms with E-state index in [9.17, 15) is 18.0 Å². The number of para-hydroxylation sites is 1. The lowest BCUT2D eigenvalue weighted by Gasteiger charge is -2.30. The fourth-order valence-electron chi connectivity index (χ4n) is 4.27. The zero-order chi connectivity index (χ0) is 24.3. The quantitative estimate of drug-likeness (QED) is 0.413. The summed E-state index contributed by atoms with van der Waals surface area (Å²) in [5.41, 5.74) is -1.93. The van der Waals surface area contributed by atoms with Crippen molar-refractivity contribution in [3.8, 4) is 0 Å². The van der Waals surface area contributed by atoms with Gasteiger partial charge >= 0.3 is 5.51 Å². The number of fused-ring (bicyclic) bond motifs is 1. The maximum absolute atomic E-state index is 12.5. The Morgan fingerprint density at radius 1 is 1.00 bits per heavy atom. The predicted molar refractivity (Wildman–Crippen MR) is 132 cm³/mol. The van der Waals surface area contributed by atoms with Crippen LogP contribution in [0.1, 0.15) is 36.0 Å². The lowest BCUT2D eigenvalue weighted by atomic mass is 9.91. The van der Waals surface area contributed by atoms with Crippen molar-refractivity contribution < 1.29 is 18.0 Å². The predicted octanol–water partition coefficient (Wildman–Crippen LogP) is 6.07. The van der Waals surface area contributed by atoms with Crippen molar-refractivity contribution >= 4 is 40.1 Å². The smallest absolute Gasteiger partial charge is 0.377 e. The van der Waals surface area contributed by atoms with E-state index < -0.39 is 5.51 Å². The van der Waals surface area contributed by atoms with Crippen LogP contribution in [0.3, 0.4) is 0 Å². The SMILES string of the molecule is CN(C)c1cc(NC2CCC(NC(=O)c3ccc(SC(F)(F)F)cc3)CC2)nc2ccccc12. The first-order valence-corrected chi connectivity index (χ1v) is 12.0. The molecule has 180 valence electrons. The number of alkyl halides is 3. The number of hydrogen-bond donors (Lipinski definition) is 2. The molecule has 0 radical (unpaired) electrons. The third-order valence-corrected chi connectivity index (χ3v) is 6.68. The third-order valence-electron chi connectivity index (χ3n) is 5.94. The normalized spacial score (nSPS) is 18.5. The summed E-state index contributed by atoms with van der Waals surface area (Å²) in [6, 6.07) is 16.0. The second-order valence-corrected chi connectivity index (χ2v) is 9.82. The van der Waals surface area contributed by atoms with Gasteiger partial charge in [-0.25, -0.2) is 4.98 Å². The standard InChI is InChI=1S/C25H27F3N4OS/c1-32(2)22-15-23(31-21-6-4-3-5-20(21)22)29-17-9-11-18(12-10-17)30-24(33)16-7-13-19(14-8-16)34-25(26,27)28/h3-8,13-15,17-18H,9-12H2,1-2H3,(H,29,31)(H,30,33). The van der Waals surface area contributed by atoms with Crippen molar-refractivity contribution in [1.82, 2.24) is 10.3 Å². The highest BCUT2D eigenvalue weighted by Gasteiger charge is 2.29. The lowest BCUT2D eigenvalue weighted by molar-refractivity contribution is -0.0328. The van der Waals surface area contributed by atoms with Crippen molar-refractivity contribution in [2.45, 2.75) is 48.2 Å². The van der Waals surface area contributed by atoms with Crippen molar-refractivity contribution in [2.24, 2.45) is 0 Å². The van der Waals surface area contributed by atoms with Crippen LogP contribution in [0.2, 0.25) is 0 Å². The van der Waals surface area contributed by atoms with Gasteiger partial charge < -0.3 is 15.5 Å². The topological polar surface area (TPSA) is 57.3 Å². The monoisotopic (exact) mass is 488 g/mol. The van der Waals surface area contributed by atoms with Crippen LogP contribution in [-0.2, 0) is 0 Å². The van der Waals surface area contributed by atoms with Gasteiger partial charge in [0.05, 0.1) is 5.52 Å². The second-order valence-electron chi connectivity index (χ2n) is 8.68. The zero-order valence-corrected chi connectivity index (χ0v) is 19.8. The first kappa shape index (κ1) is 24.2. The van der Waals surface area contributed by atoms with Gasteiger partial charge in [-0.3, -0.25) is 4.79 Å². The number of nitrogens with one attached hydrogen (secondary N) is 2. The first-order chi connectivity index (χ1) is 16.2. The molecular weight excluding hydrogens is 461 g/mol. The molecule has 4 rings (SSSR count). The summed E-state index contributed by atoms with van der Waals surface area (Å²) in [6.07, 6.45) is 3.41. The summed E-state index contributed by atoms with van der Waals surface area (Å²) < 4.78 is 37.4. The van der Waals surface area contributed by atoms with Crippen LogP contribution < -0.4 is 15.5 Å². The van der Waals surface area contributed by atoms with E-state index in [0.717, 1.165) is 48.1 Å². The molecule has 1 heterocycles. The van der Waals surface area contributed by atoms with Gasteiger partial charge in [0.25, 0.3) is 5.91 Å². The minimum atomic E-state index is -4.34. The van der Waals surface area contributed by atoms with Gasteiger partial charge in [-0.15, -0.1) is 0 Å². The van der Waals surface area contributed by atoms with E-state index in [1.54, 1.807) is 0 Å². The Kier molecular flexibility index (Phi) is 7.21. The Balaban J connectivity index is 1.32. The number of benzene rings is 2. The maximum Gasteiger partial charge on any atom is 0.446 e. The summed E-state index contributed by atoms with van der Waals surface area (Å²) >= 11 is -0.186. The van der Waals surface area contributed by atoms with Crippen molar-refractivity contribution in [2.75, 3.05) is 24.3 Å². The molecule has 1 aliphatic rings. The number of rotatable bonds is 6.